The Labute approximate surface area is 119 Å². The minimum Gasteiger partial charge on any atom is -0.377 e. The predicted octanol–water partition coefficient (Wildman–Crippen LogP) is 2.97. The molecule has 2 aromatic rings. The van der Waals surface area contributed by atoms with Gasteiger partial charge in [0.15, 0.2) is 5.82 Å². The molecule has 0 unspecified atom stereocenters. The first-order valence-electron chi connectivity index (χ1n) is 6.65. The zero-order chi connectivity index (χ0) is 14.4. The van der Waals surface area contributed by atoms with Crippen LogP contribution in [0, 0.1) is 0 Å². The fraction of sp³-hybridized carbons (Fsp3) is 0.333. The van der Waals surface area contributed by atoms with E-state index < -0.39 is 0 Å². The summed E-state index contributed by atoms with van der Waals surface area (Å²) in [5.41, 5.74) is 2.31. The van der Waals surface area contributed by atoms with Gasteiger partial charge in [-0.2, -0.15) is 0 Å². The van der Waals surface area contributed by atoms with E-state index in [9.17, 15) is 0 Å². The van der Waals surface area contributed by atoms with Crippen LogP contribution in [-0.2, 0) is 17.8 Å². The van der Waals surface area contributed by atoms with E-state index in [-0.39, 0.29) is 0 Å². The molecule has 0 aliphatic heterocycles. The summed E-state index contributed by atoms with van der Waals surface area (Å²) in [7, 11) is 3.47. The third-order valence-electron chi connectivity index (χ3n) is 2.91. The molecule has 0 aliphatic rings. The van der Waals surface area contributed by atoms with E-state index in [2.05, 4.69) is 39.7 Å². The van der Waals surface area contributed by atoms with Crippen LogP contribution in [-0.4, -0.2) is 24.1 Å². The van der Waals surface area contributed by atoms with Crippen molar-refractivity contribution in [3.63, 3.8) is 0 Å². The number of hydrogen-bond donors (Lipinski definition) is 2. The molecule has 20 heavy (non-hydrogen) atoms. The van der Waals surface area contributed by atoms with Crippen molar-refractivity contribution >= 4 is 17.3 Å². The van der Waals surface area contributed by atoms with Gasteiger partial charge in [-0.25, -0.2) is 9.97 Å². The van der Waals surface area contributed by atoms with Crippen LogP contribution in [0.3, 0.4) is 0 Å². The maximum Gasteiger partial charge on any atom is 0.158 e. The number of benzene rings is 1. The molecule has 0 saturated carbocycles. The number of nitrogens with zero attached hydrogens (tertiary/aromatic N) is 2. The molecule has 0 amide bonds. The van der Waals surface area contributed by atoms with Crippen molar-refractivity contribution in [2.45, 2.75) is 20.0 Å². The van der Waals surface area contributed by atoms with Gasteiger partial charge in [-0.15, -0.1) is 0 Å². The first kappa shape index (κ1) is 14.3. The lowest BCUT2D eigenvalue weighted by atomic mass is 10.1. The smallest absolute Gasteiger partial charge is 0.158 e. The lowest BCUT2D eigenvalue weighted by molar-refractivity contribution is 0.178. The molecule has 0 fully saturated rings. The standard InChI is InChI=1S/C15H20N4O/c1-4-11-6-5-7-12(8-11)17-14-9-13(16-2)18-15(19-14)10-20-3/h5-9H,4,10H2,1-3H3,(H2,16,17,18,19). The van der Waals surface area contributed by atoms with Crippen LogP contribution < -0.4 is 10.6 Å². The Hall–Kier alpha value is -2.14. The average molecular weight is 272 g/mol. The molecule has 0 radical (unpaired) electrons. The lowest BCUT2D eigenvalue weighted by Gasteiger charge is -2.10. The summed E-state index contributed by atoms with van der Waals surface area (Å²) in [4.78, 5) is 8.76. The van der Waals surface area contributed by atoms with Gasteiger partial charge in [0.05, 0.1) is 0 Å². The average Bonchev–Trinajstić information content (AvgIpc) is 2.47. The number of rotatable bonds is 6. The molecule has 0 aliphatic carbocycles. The topological polar surface area (TPSA) is 59.1 Å². The highest BCUT2D eigenvalue weighted by Crippen LogP contribution is 2.19. The SMILES string of the molecule is CCc1cccc(Nc2cc(NC)nc(COC)n2)c1. The normalized spacial score (nSPS) is 10.3. The summed E-state index contributed by atoms with van der Waals surface area (Å²) in [5, 5.41) is 6.33. The van der Waals surface area contributed by atoms with Crippen molar-refractivity contribution in [3.8, 4) is 0 Å². The Morgan fingerprint density at radius 1 is 1.15 bits per heavy atom. The molecule has 1 aromatic heterocycles. The van der Waals surface area contributed by atoms with Crippen LogP contribution in [0.5, 0.6) is 0 Å². The molecule has 2 N–H and O–H groups in total. The van der Waals surface area contributed by atoms with E-state index in [1.54, 1.807) is 7.11 Å². The first-order chi connectivity index (χ1) is 9.75. The van der Waals surface area contributed by atoms with Crippen molar-refractivity contribution in [2.24, 2.45) is 0 Å². The van der Waals surface area contributed by atoms with Crippen LogP contribution in [0.1, 0.15) is 18.3 Å². The molecular formula is C15H20N4O. The number of anilines is 3. The van der Waals surface area contributed by atoms with E-state index in [1.165, 1.54) is 5.56 Å². The summed E-state index contributed by atoms with van der Waals surface area (Å²) >= 11 is 0. The molecule has 5 heteroatoms. The maximum absolute atomic E-state index is 5.09. The lowest BCUT2D eigenvalue weighted by Crippen LogP contribution is -2.04. The number of methoxy groups -OCH3 is 1. The van der Waals surface area contributed by atoms with Crippen molar-refractivity contribution in [1.82, 2.24) is 9.97 Å². The van der Waals surface area contributed by atoms with Crippen LogP contribution in [0.25, 0.3) is 0 Å². The largest absolute Gasteiger partial charge is 0.377 e. The van der Waals surface area contributed by atoms with Crippen molar-refractivity contribution < 1.29 is 4.74 Å². The van der Waals surface area contributed by atoms with Gasteiger partial charge >= 0.3 is 0 Å². The fourth-order valence-corrected chi connectivity index (χ4v) is 1.90. The maximum atomic E-state index is 5.09. The minimum absolute atomic E-state index is 0.388. The van der Waals surface area contributed by atoms with Gasteiger partial charge in [-0.1, -0.05) is 19.1 Å². The van der Waals surface area contributed by atoms with Gasteiger partial charge in [0.25, 0.3) is 0 Å². The second kappa shape index (κ2) is 6.86. The second-order valence-corrected chi connectivity index (χ2v) is 4.42. The molecule has 106 valence electrons. The monoisotopic (exact) mass is 272 g/mol. The van der Waals surface area contributed by atoms with E-state index in [4.69, 9.17) is 4.74 Å². The van der Waals surface area contributed by atoms with E-state index in [0.29, 0.717) is 12.4 Å². The fourth-order valence-electron chi connectivity index (χ4n) is 1.90. The number of aromatic nitrogens is 2. The Morgan fingerprint density at radius 2 is 1.95 bits per heavy atom. The molecule has 1 heterocycles. The molecular weight excluding hydrogens is 252 g/mol. The summed E-state index contributed by atoms with van der Waals surface area (Å²) in [6, 6.07) is 10.2. The van der Waals surface area contributed by atoms with Crippen molar-refractivity contribution in [3.05, 3.63) is 41.7 Å². The zero-order valence-electron chi connectivity index (χ0n) is 12.1. The molecule has 1 aromatic carbocycles. The number of nitrogens with one attached hydrogen (secondary N) is 2. The van der Waals surface area contributed by atoms with Gasteiger partial charge in [-0.05, 0) is 24.1 Å². The molecule has 0 spiro atoms. The summed E-state index contributed by atoms with van der Waals surface area (Å²) in [5.74, 6) is 2.17. The Morgan fingerprint density at radius 3 is 2.65 bits per heavy atom. The van der Waals surface area contributed by atoms with E-state index in [1.807, 2.05) is 25.2 Å². The third-order valence-corrected chi connectivity index (χ3v) is 2.91. The summed E-state index contributed by atoms with van der Waals surface area (Å²) in [6.45, 7) is 2.53. The third kappa shape index (κ3) is 3.68. The quantitative estimate of drug-likeness (QED) is 0.846. The minimum atomic E-state index is 0.388. The Balaban J connectivity index is 2.24. The van der Waals surface area contributed by atoms with Crippen molar-refractivity contribution in [2.75, 3.05) is 24.8 Å². The van der Waals surface area contributed by atoms with Gasteiger partial charge in [-0.3, -0.25) is 0 Å². The van der Waals surface area contributed by atoms with Crippen LogP contribution in [0.15, 0.2) is 30.3 Å². The van der Waals surface area contributed by atoms with Crippen LogP contribution in [0.4, 0.5) is 17.3 Å². The van der Waals surface area contributed by atoms with Gasteiger partial charge in [0, 0.05) is 25.9 Å². The molecule has 0 bridgehead atoms. The summed E-state index contributed by atoms with van der Waals surface area (Å²) in [6.07, 6.45) is 1.01. The highest BCUT2D eigenvalue weighted by Gasteiger charge is 2.04. The van der Waals surface area contributed by atoms with Gasteiger partial charge < -0.3 is 15.4 Å². The van der Waals surface area contributed by atoms with Gasteiger partial charge in [0.1, 0.15) is 18.2 Å². The highest BCUT2D eigenvalue weighted by atomic mass is 16.5. The second-order valence-electron chi connectivity index (χ2n) is 4.42. The first-order valence-corrected chi connectivity index (χ1v) is 6.65. The van der Waals surface area contributed by atoms with Gasteiger partial charge in [0.2, 0.25) is 0 Å². The zero-order valence-corrected chi connectivity index (χ0v) is 12.1. The molecule has 0 atom stereocenters. The van der Waals surface area contributed by atoms with E-state index >= 15 is 0 Å². The summed E-state index contributed by atoms with van der Waals surface area (Å²) < 4.78 is 5.09. The highest BCUT2D eigenvalue weighted by molar-refractivity contribution is 5.59. The number of ether oxygens (including phenoxy) is 1. The van der Waals surface area contributed by atoms with E-state index in [0.717, 1.165) is 23.7 Å². The number of aryl methyl sites for hydroxylation is 1. The Bertz CT molecular complexity index is 572. The number of hydrogen-bond acceptors (Lipinski definition) is 5. The molecule has 5 nitrogen and oxygen atoms in total. The van der Waals surface area contributed by atoms with Crippen molar-refractivity contribution in [1.29, 1.82) is 0 Å². The Kier molecular flexibility index (Phi) is 4.90. The predicted molar refractivity (Wildman–Crippen MR) is 81.4 cm³/mol. The van der Waals surface area contributed by atoms with Crippen LogP contribution >= 0.6 is 0 Å². The molecule has 0 saturated heterocycles. The molecule has 2 rings (SSSR count). The van der Waals surface area contributed by atoms with Crippen LogP contribution in [0.2, 0.25) is 0 Å².